The van der Waals surface area contributed by atoms with Crippen LogP contribution in [0.3, 0.4) is 0 Å². The highest BCUT2D eigenvalue weighted by Gasteiger charge is 2.16. The van der Waals surface area contributed by atoms with Crippen molar-refractivity contribution in [3.05, 3.63) is 42.7 Å². The molecular weight excluding hydrogens is 303 g/mol. The zero-order chi connectivity index (χ0) is 17.2. The maximum atomic E-state index is 13.1. The number of anilines is 1. The summed E-state index contributed by atoms with van der Waals surface area (Å²) < 4.78 is 18.8. The average molecular weight is 334 g/mol. The number of hydrogen-bond donors (Lipinski definition) is 1. The Morgan fingerprint density at radius 2 is 1.96 bits per heavy atom. The maximum Gasteiger partial charge on any atom is 0.123 e. The van der Waals surface area contributed by atoms with Crippen LogP contribution in [0.25, 0.3) is 0 Å². The molecule has 1 aromatic rings. The van der Waals surface area contributed by atoms with E-state index in [4.69, 9.17) is 4.74 Å². The van der Waals surface area contributed by atoms with Crippen molar-refractivity contribution in [1.29, 1.82) is 0 Å². The predicted octanol–water partition coefficient (Wildman–Crippen LogP) is 4.15. The monoisotopic (exact) mass is 334 g/mol. The molecule has 1 aliphatic heterocycles. The first-order chi connectivity index (χ1) is 11.7. The highest BCUT2D eigenvalue weighted by atomic mass is 19.1. The second kappa shape index (κ2) is 10.5. The molecule has 2 rings (SSSR count). The van der Waals surface area contributed by atoms with Gasteiger partial charge in [0.15, 0.2) is 0 Å². The third-order valence-electron chi connectivity index (χ3n) is 4.69. The van der Waals surface area contributed by atoms with Crippen molar-refractivity contribution < 1.29 is 9.13 Å². The Hall–Kier alpha value is -1.39. The fraction of sp³-hybridized carbons (Fsp3) is 0.600. The minimum atomic E-state index is -0.167. The number of ether oxygens (including phenoxy) is 1. The second-order valence-corrected chi connectivity index (χ2v) is 6.51. The van der Waals surface area contributed by atoms with Gasteiger partial charge in [0.25, 0.3) is 0 Å². The number of nitrogens with zero attached hydrogens (tertiary/aromatic N) is 1. The summed E-state index contributed by atoms with van der Waals surface area (Å²) in [7, 11) is 0. The molecule has 1 heterocycles. The first kappa shape index (κ1) is 18.9. The van der Waals surface area contributed by atoms with Gasteiger partial charge < -0.3 is 15.0 Å². The van der Waals surface area contributed by atoms with Crippen molar-refractivity contribution in [2.75, 3.05) is 31.1 Å². The average Bonchev–Trinajstić information content (AvgIpc) is 2.57. The van der Waals surface area contributed by atoms with Gasteiger partial charge in [-0.05, 0) is 56.4 Å². The Bertz CT molecular complexity index is 467. The number of benzene rings is 1. The quantitative estimate of drug-likeness (QED) is 0.723. The summed E-state index contributed by atoms with van der Waals surface area (Å²) in [6.45, 7) is 9.47. The normalized spacial score (nSPS) is 18.0. The van der Waals surface area contributed by atoms with E-state index in [0.29, 0.717) is 12.6 Å². The van der Waals surface area contributed by atoms with Crippen molar-refractivity contribution in [1.82, 2.24) is 5.32 Å². The molecule has 0 radical (unpaired) electrons. The number of halogens is 1. The lowest BCUT2D eigenvalue weighted by molar-refractivity contribution is 0.0683. The molecule has 24 heavy (non-hydrogen) atoms. The van der Waals surface area contributed by atoms with Crippen LogP contribution in [0.2, 0.25) is 0 Å². The first-order valence-corrected chi connectivity index (χ1v) is 9.19. The molecule has 1 saturated heterocycles. The highest BCUT2D eigenvalue weighted by molar-refractivity contribution is 5.46. The fourth-order valence-electron chi connectivity index (χ4n) is 3.25. The zero-order valence-electron chi connectivity index (χ0n) is 14.8. The van der Waals surface area contributed by atoms with Crippen molar-refractivity contribution in [2.45, 2.75) is 51.2 Å². The lowest BCUT2D eigenvalue weighted by Crippen LogP contribution is -2.39. The molecule has 1 atom stereocenters. The van der Waals surface area contributed by atoms with E-state index in [1.807, 2.05) is 18.2 Å². The van der Waals surface area contributed by atoms with Crippen molar-refractivity contribution in [3.63, 3.8) is 0 Å². The SMILES string of the molecule is C=CCOC(CC)CNC1CCCN(c2ccc(F)cc2)CCC1. The largest absolute Gasteiger partial charge is 0.373 e. The standard InChI is InChI=1S/C20H31FN2O/c1-3-15-24-20(4-2)16-22-18-7-5-13-23(14-6-8-18)19-11-9-17(21)10-12-19/h3,9-12,18,20,22H,1,4-8,13-16H2,2H3. The van der Waals surface area contributed by atoms with Gasteiger partial charge in [0, 0.05) is 31.4 Å². The van der Waals surface area contributed by atoms with Gasteiger partial charge in [-0.25, -0.2) is 4.39 Å². The summed E-state index contributed by atoms with van der Waals surface area (Å²) in [6, 6.07) is 7.44. The predicted molar refractivity (Wildman–Crippen MR) is 99.1 cm³/mol. The van der Waals surface area contributed by atoms with Crippen LogP contribution in [0.5, 0.6) is 0 Å². The topological polar surface area (TPSA) is 24.5 Å². The number of hydrogen-bond acceptors (Lipinski definition) is 3. The number of rotatable bonds is 8. The van der Waals surface area contributed by atoms with Crippen LogP contribution in [0.15, 0.2) is 36.9 Å². The summed E-state index contributed by atoms with van der Waals surface area (Å²) in [5.41, 5.74) is 1.13. The van der Waals surface area contributed by atoms with E-state index in [1.54, 1.807) is 12.1 Å². The molecule has 1 unspecified atom stereocenters. The lowest BCUT2D eigenvalue weighted by Gasteiger charge is -2.30. The van der Waals surface area contributed by atoms with Crippen LogP contribution < -0.4 is 10.2 Å². The first-order valence-electron chi connectivity index (χ1n) is 9.19. The summed E-state index contributed by atoms with van der Waals surface area (Å²) in [5, 5.41) is 3.68. The van der Waals surface area contributed by atoms with E-state index in [1.165, 1.54) is 12.8 Å². The van der Waals surface area contributed by atoms with Crippen LogP contribution in [0, 0.1) is 5.82 Å². The Morgan fingerprint density at radius 3 is 2.54 bits per heavy atom. The molecule has 1 aromatic carbocycles. The van der Waals surface area contributed by atoms with Crippen LogP contribution in [-0.2, 0) is 4.74 Å². The van der Waals surface area contributed by atoms with E-state index in [-0.39, 0.29) is 11.9 Å². The Morgan fingerprint density at radius 1 is 1.29 bits per heavy atom. The molecular formula is C20H31FN2O. The van der Waals surface area contributed by atoms with Crippen LogP contribution in [0.4, 0.5) is 10.1 Å². The van der Waals surface area contributed by atoms with Crippen molar-refractivity contribution in [3.8, 4) is 0 Å². The summed E-state index contributed by atoms with van der Waals surface area (Å²) in [4.78, 5) is 2.37. The van der Waals surface area contributed by atoms with Crippen molar-refractivity contribution in [2.24, 2.45) is 0 Å². The third kappa shape index (κ3) is 6.25. The van der Waals surface area contributed by atoms with E-state index in [9.17, 15) is 4.39 Å². The molecule has 0 spiro atoms. The van der Waals surface area contributed by atoms with E-state index in [2.05, 4.69) is 23.7 Å². The molecule has 0 amide bonds. The molecule has 0 saturated carbocycles. The maximum absolute atomic E-state index is 13.1. The summed E-state index contributed by atoms with van der Waals surface area (Å²) >= 11 is 0. The number of nitrogens with one attached hydrogen (secondary N) is 1. The van der Waals surface area contributed by atoms with Gasteiger partial charge in [0.2, 0.25) is 0 Å². The van der Waals surface area contributed by atoms with Gasteiger partial charge in [-0.1, -0.05) is 13.0 Å². The van der Waals surface area contributed by atoms with E-state index >= 15 is 0 Å². The molecule has 1 fully saturated rings. The molecule has 0 bridgehead atoms. The summed E-state index contributed by atoms with van der Waals surface area (Å²) in [6.07, 6.45) is 7.75. The molecule has 0 aromatic heterocycles. The molecule has 4 heteroatoms. The Balaban J connectivity index is 1.75. The smallest absolute Gasteiger partial charge is 0.123 e. The zero-order valence-corrected chi connectivity index (χ0v) is 14.8. The van der Waals surface area contributed by atoms with Crippen LogP contribution in [-0.4, -0.2) is 38.4 Å². The van der Waals surface area contributed by atoms with Gasteiger partial charge in [-0.2, -0.15) is 0 Å². The van der Waals surface area contributed by atoms with Gasteiger partial charge >= 0.3 is 0 Å². The summed E-state index contributed by atoms with van der Waals surface area (Å²) in [5.74, 6) is -0.167. The Kier molecular flexibility index (Phi) is 8.26. The molecule has 1 N–H and O–H groups in total. The fourth-order valence-corrected chi connectivity index (χ4v) is 3.25. The van der Waals surface area contributed by atoms with Gasteiger partial charge in [-0.3, -0.25) is 0 Å². The van der Waals surface area contributed by atoms with Crippen molar-refractivity contribution >= 4 is 5.69 Å². The Labute approximate surface area is 145 Å². The van der Waals surface area contributed by atoms with Crippen LogP contribution in [0.1, 0.15) is 39.0 Å². The molecule has 1 aliphatic rings. The van der Waals surface area contributed by atoms with Crippen LogP contribution >= 0.6 is 0 Å². The second-order valence-electron chi connectivity index (χ2n) is 6.51. The van der Waals surface area contributed by atoms with Gasteiger partial charge in [-0.15, -0.1) is 6.58 Å². The molecule has 134 valence electrons. The lowest BCUT2D eigenvalue weighted by atomic mass is 10.0. The highest BCUT2D eigenvalue weighted by Crippen LogP contribution is 2.20. The third-order valence-corrected chi connectivity index (χ3v) is 4.69. The van der Waals surface area contributed by atoms with E-state index in [0.717, 1.165) is 44.6 Å². The minimum absolute atomic E-state index is 0.167. The molecule has 3 nitrogen and oxygen atoms in total. The molecule has 0 aliphatic carbocycles. The minimum Gasteiger partial charge on any atom is -0.373 e. The van der Waals surface area contributed by atoms with E-state index < -0.39 is 0 Å². The van der Waals surface area contributed by atoms with Gasteiger partial charge in [0.1, 0.15) is 5.82 Å². The van der Waals surface area contributed by atoms with Gasteiger partial charge in [0.05, 0.1) is 12.7 Å².